The van der Waals surface area contributed by atoms with Crippen LogP contribution < -0.4 is 11.5 Å². The molecule has 2 amide bonds. The van der Waals surface area contributed by atoms with E-state index in [1.54, 1.807) is 0 Å². The minimum Gasteiger partial charge on any atom is -0.405 e. The summed E-state index contributed by atoms with van der Waals surface area (Å²) in [6, 6.07) is 0. The van der Waals surface area contributed by atoms with Gasteiger partial charge in [-0.3, -0.25) is 9.59 Å². The topological polar surface area (TPSA) is 89.4 Å². The Balaban J connectivity index is 0. The molecule has 0 aromatic heterocycles. The van der Waals surface area contributed by atoms with Crippen molar-refractivity contribution in [2.45, 2.75) is 34.6 Å². The van der Waals surface area contributed by atoms with Crippen LogP contribution in [0.5, 0.6) is 0 Å². The van der Waals surface area contributed by atoms with Crippen molar-refractivity contribution < 1.29 is 9.59 Å². The molecule has 100 valence electrons. The Hall–Kier alpha value is -1.72. The maximum Gasteiger partial charge on any atom is 0.264 e. The third-order valence-electron chi connectivity index (χ3n) is 1.45. The summed E-state index contributed by atoms with van der Waals surface area (Å²) >= 11 is 0. The van der Waals surface area contributed by atoms with Gasteiger partial charge in [0.05, 0.1) is 5.57 Å². The molecule has 0 aromatic carbocycles. The Morgan fingerprint density at radius 1 is 1.17 bits per heavy atom. The Kier molecular flexibility index (Phi) is 9.66. The first-order valence-electron chi connectivity index (χ1n) is 5.84. The van der Waals surface area contributed by atoms with Gasteiger partial charge >= 0.3 is 0 Å². The molecule has 0 bridgehead atoms. The molecule has 1 heterocycles. The number of carbonyl (C=O) groups is 2. The number of nitrogens with two attached hydrogens (primary N) is 2. The highest BCUT2D eigenvalue weighted by Crippen LogP contribution is 2.15. The molecule has 0 aromatic rings. The fraction of sp³-hybridized carbons (Fsp3) is 0.500. The van der Waals surface area contributed by atoms with Crippen LogP contribution in [-0.4, -0.2) is 24.6 Å². The second-order valence-corrected chi connectivity index (χ2v) is 3.90. The van der Waals surface area contributed by atoms with Crippen LogP contribution in [0.15, 0.2) is 23.5 Å². The lowest BCUT2D eigenvalue weighted by Crippen LogP contribution is -2.29. The van der Waals surface area contributed by atoms with E-state index in [0.29, 0.717) is 4.81 Å². The van der Waals surface area contributed by atoms with Gasteiger partial charge in [0.25, 0.3) is 5.91 Å². The lowest BCUT2D eigenvalue weighted by atomic mass is 10.2. The largest absolute Gasteiger partial charge is 0.405 e. The highest BCUT2D eigenvalue weighted by atomic mass is 16.2. The summed E-state index contributed by atoms with van der Waals surface area (Å²) in [6.07, 6.45) is 2.36. The third kappa shape index (κ3) is 5.56. The van der Waals surface area contributed by atoms with Crippen LogP contribution >= 0.6 is 0 Å². The van der Waals surface area contributed by atoms with E-state index in [9.17, 15) is 9.59 Å². The molecule has 18 heavy (non-hydrogen) atoms. The van der Waals surface area contributed by atoms with Gasteiger partial charge in [0.2, 0.25) is 13.9 Å². The molecule has 0 saturated carbocycles. The van der Waals surface area contributed by atoms with E-state index < -0.39 is 11.8 Å². The van der Waals surface area contributed by atoms with Crippen LogP contribution in [0.4, 0.5) is 0 Å². The summed E-state index contributed by atoms with van der Waals surface area (Å²) in [6.45, 7) is 10.5. The van der Waals surface area contributed by atoms with Gasteiger partial charge in [0, 0.05) is 0 Å². The van der Waals surface area contributed by atoms with E-state index in [1.165, 1.54) is 6.08 Å². The van der Waals surface area contributed by atoms with Crippen molar-refractivity contribution in [1.29, 1.82) is 0 Å². The summed E-state index contributed by atoms with van der Waals surface area (Å²) in [5.41, 5.74) is 10.2. The van der Waals surface area contributed by atoms with Crippen LogP contribution in [0.2, 0.25) is 0 Å². The van der Waals surface area contributed by atoms with Crippen molar-refractivity contribution in [3.63, 3.8) is 0 Å². The Bertz CT molecular complexity index is 346. The first-order chi connectivity index (χ1) is 8.32. The number of carbonyl (C=O) groups excluding carboxylic acids is 2. The molecule has 0 unspecified atom stereocenters. The molecule has 1 aliphatic heterocycles. The average Bonchev–Trinajstić information content (AvgIpc) is 2.49. The fourth-order valence-electron chi connectivity index (χ4n) is 0.839. The van der Waals surface area contributed by atoms with Crippen molar-refractivity contribution in [3.05, 3.63) is 23.5 Å². The number of hydrogen-bond acceptors (Lipinski definition) is 4. The molecule has 2 radical (unpaired) electrons. The van der Waals surface area contributed by atoms with E-state index >= 15 is 0 Å². The van der Waals surface area contributed by atoms with E-state index in [0.717, 1.165) is 12.1 Å². The van der Waals surface area contributed by atoms with Gasteiger partial charge in [0.1, 0.15) is 5.70 Å². The molecule has 6 heteroatoms. The van der Waals surface area contributed by atoms with Crippen molar-refractivity contribution in [2.24, 2.45) is 17.4 Å². The molecular weight excluding hydrogens is 229 g/mol. The highest BCUT2D eigenvalue weighted by Gasteiger charge is 2.31. The Morgan fingerprint density at radius 2 is 1.56 bits per heavy atom. The number of nitrogens with zero attached hydrogens (tertiary/aromatic N) is 1. The second-order valence-electron chi connectivity index (χ2n) is 3.90. The number of amides is 2. The predicted octanol–water partition coefficient (Wildman–Crippen LogP) is 0.812. The summed E-state index contributed by atoms with van der Waals surface area (Å²) in [7, 11) is 5.07. The van der Waals surface area contributed by atoms with Crippen molar-refractivity contribution in [2.75, 3.05) is 0 Å². The van der Waals surface area contributed by atoms with Crippen molar-refractivity contribution in [3.8, 4) is 0 Å². The second kappa shape index (κ2) is 9.33. The summed E-state index contributed by atoms with van der Waals surface area (Å²) in [4.78, 5) is 22.4. The molecule has 0 spiro atoms. The summed E-state index contributed by atoms with van der Waals surface area (Å²) < 4.78 is 0. The first-order valence-corrected chi connectivity index (χ1v) is 5.84. The zero-order chi connectivity index (χ0) is 14.9. The fourth-order valence-corrected chi connectivity index (χ4v) is 0.839. The third-order valence-corrected chi connectivity index (χ3v) is 1.45. The van der Waals surface area contributed by atoms with Gasteiger partial charge in [-0.1, -0.05) is 34.6 Å². The number of rotatable bonds is 1. The zero-order valence-corrected chi connectivity index (χ0v) is 11.7. The molecule has 0 fully saturated rings. The predicted molar refractivity (Wildman–Crippen MR) is 74.0 cm³/mol. The van der Waals surface area contributed by atoms with Gasteiger partial charge < -0.3 is 16.3 Å². The number of imide groups is 1. The molecule has 0 atom stereocenters. The summed E-state index contributed by atoms with van der Waals surface area (Å²) in [5, 5.41) is 0. The maximum atomic E-state index is 11.1. The van der Waals surface area contributed by atoms with Crippen LogP contribution in [0.25, 0.3) is 0 Å². The van der Waals surface area contributed by atoms with Crippen LogP contribution in [0, 0.1) is 5.92 Å². The van der Waals surface area contributed by atoms with Crippen molar-refractivity contribution in [1.82, 2.24) is 4.81 Å². The van der Waals surface area contributed by atoms with Gasteiger partial charge in [-0.25, -0.2) is 0 Å². The minimum absolute atomic E-state index is 0.0324. The normalized spacial score (nSPS) is 14.7. The van der Waals surface area contributed by atoms with Gasteiger partial charge in [-0.15, -0.1) is 0 Å². The van der Waals surface area contributed by atoms with E-state index in [2.05, 4.69) is 20.8 Å². The lowest BCUT2D eigenvalue weighted by Gasteiger charge is -2.04. The van der Waals surface area contributed by atoms with E-state index in [4.69, 9.17) is 19.4 Å². The van der Waals surface area contributed by atoms with Crippen LogP contribution in [0.1, 0.15) is 34.6 Å². The summed E-state index contributed by atoms with van der Waals surface area (Å²) in [5.74, 6) is -0.507. The minimum atomic E-state index is -0.701. The Morgan fingerprint density at radius 3 is 1.78 bits per heavy atom. The quantitative estimate of drug-likeness (QED) is 0.533. The molecule has 1 rings (SSSR count). The van der Waals surface area contributed by atoms with Gasteiger partial charge in [-0.2, -0.15) is 0 Å². The average molecular weight is 251 g/mol. The van der Waals surface area contributed by atoms with E-state index in [-0.39, 0.29) is 11.3 Å². The van der Waals surface area contributed by atoms with E-state index in [1.807, 2.05) is 13.8 Å². The molecule has 1 aliphatic rings. The first kappa shape index (κ1) is 18.6. The Labute approximate surface area is 110 Å². The molecule has 0 saturated heterocycles. The monoisotopic (exact) mass is 251 g/mol. The zero-order valence-electron chi connectivity index (χ0n) is 11.7. The standard InChI is InChI=1S/C6H6BN3O2.C4H10.C2H6/c7-10-5(11)3(1-2-8)4(9)6(10)12;1-4(2)3;1-2/h1-2H,8-9H2;4H,1-3H3;1-2H3/b2-1-;;. The number of hydrogen-bond donors (Lipinski definition) is 2. The highest BCUT2D eigenvalue weighted by molar-refractivity contribution is 6.35. The van der Waals surface area contributed by atoms with Crippen LogP contribution in [-0.2, 0) is 9.59 Å². The van der Waals surface area contributed by atoms with Crippen molar-refractivity contribution >= 4 is 19.8 Å². The molecular formula is C12H22BN3O2. The lowest BCUT2D eigenvalue weighted by molar-refractivity contribution is -0.131. The van der Waals surface area contributed by atoms with Gasteiger partial charge in [0.15, 0.2) is 0 Å². The molecule has 5 nitrogen and oxygen atoms in total. The van der Waals surface area contributed by atoms with Crippen LogP contribution in [0.3, 0.4) is 0 Å². The molecule has 0 aliphatic carbocycles. The maximum absolute atomic E-state index is 11.1. The smallest absolute Gasteiger partial charge is 0.264 e. The SMILES string of the molecule is CC.CC(C)C.[B]N1C(=O)C(N)=C(/C=C\N)C1=O. The molecule has 4 N–H and O–H groups in total. The van der Waals surface area contributed by atoms with Gasteiger partial charge in [-0.05, 0) is 18.2 Å².